The molecule has 1 aromatic heterocycles. The fraction of sp³-hybridized carbons (Fsp3) is 0.357. The number of rotatable bonds is 7. The molecular weight excluding hydrogens is 460 g/mol. The molecule has 35 heavy (non-hydrogen) atoms. The molecule has 0 bridgehead atoms. The van der Waals surface area contributed by atoms with E-state index in [2.05, 4.69) is 4.98 Å². The zero-order chi connectivity index (χ0) is 25.2. The van der Waals surface area contributed by atoms with Crippen molar-refractivity contribution in [1.29, 1.82) is 0 Å². The summed E-state index contributed by atoms with van der Waals surface area (Å²) in [7, 11) is -1.07. The lowest BCUT2D eigenvalue weighted by Crippen LogP contribution is -2.51. The molecule has 1 amide bonds. The lowest BCUT2D eigenvalue weighted by atomic mass is 9.80. The maximum atomic E-state index is 13.3. The number of nitrogens with zero attached hydrogens (tertiary/aromatic N) is 2. The van der Waals surface area contributed by atoms with Gasteiger partial charge in [-0.1, -0.05) is 54.6 Å². The van der Waals surface area contributed by atoms with E-state index in [1.54, 1.807) is 37.3 Å². The molecular formula is C28H32N2O4S. The summed E-state index contributed by atoms with van der Waals surface area (Å²) in [5.74, 6) is 0. The van der Waals surface area contributed by atoms with Gasteiger partial charge < -0.3 is 14.7 Å². The summed E-state index contributed by atoms with van der Waals surface area (Å²) in [6.07, 6.45) is 3.83. The lowest BCUT2D eigenvalue weighted by molar-refractivity contribution is -0.101. The number of ether oxygens (including phenoxy) is 1. The number of amides is 1. The SMILES string of the molecule is CC(c1ccc(-c2cc([S@](C)=O)ccn2)cc1)N1CC[C@](CC(C)(C)O)(c2ccccc2)OC1=O. The molecule has 1 N–H and O–H groups in total. The topological polar surface area (TPSA) is 79.7 Å². The molecule has 184 valence electrons. The Morgan fingerprint density at radius 3 is 2.43 bits per heavy atom. The largest absolute Gasteiger partial charge is 0.438 e. The van der Waals surface area contributed by atoms with Crippen molar-refractivity contribution in [3.05, 3.63) is 84.1 Å². The van der Waals surface area contributed by atoms with Crippen molar-refractivity contribution >= 4 is 16.9 Å². The highest BCUT2D eigenvalue weighted by Crippen LogP contribution is 2.42. The van der Waals surface area contributed by atoms with E-state index < -0.39 is 22.0 Å². The third-order valence-electron chi connectivity index (χ3n) is 6.51. The Bertz CT molecular complexity index is 1210. The fourth-order valence-electron chi connectivity index (χ4n) is 4.75. The summed E-state index contributed by atoms with van der Waals surface area (Å²) in [5.41, 5.74) is 1.70. The van der Waals surface area contributed by atoms with E-state index in [-0.39, 0.29) is 12.1 Å². The standard InChI is InChI=1S/C28H32N2O4S/c1-20(21-10-12-22(13-11-21)25-18-24(35(4)33)14-16-29-25)30-17-15-28(34-26(30)31,19-27(2,3)32)23-8-6-5-7-9-23/h5-14,16,18,20,32H,15,17,19H2,1-4H3/t20?,28-,35-/m0/s1. The highest BCUT2D eigenvalue weighted by Gasteiger charge is 2.46. The molecule has 2 heterocycles. The first-order valence-corrected chi connectivity index (χ1v) is 13.3. The van der Waals surface area contributed by atoms with E-state index in [0.29, 0.717) is 19.4 Å². The summed E-state index contributed by atoms with van der Waals surface area (Å²) in [5, 5.41) is 10.6. The second-order valence-electron chi connectivity index (χ2n) is 9.79. The van der Waals surface area contributed by atoms with E-state index in [4.69, 9.17) is 4.74 Å². The smallest absolute Gasteiger partial charge is 0.411 e. The third-order valence-corrected chi connectivity index (χ3v) is 7.43. The number of hydrogen-bond acceptors (Lipinski definition) is 5. The van der Waals surface area contributed by atoms with Crippen LogP contribution >= 0.6 is 0 Å². The zero-order valence-corrected chi connectivity index (χ0v) is 21.4. The van der Waals surface area contributed by atoms with Crippen molar-refractivity contribution in [2.45, 2.75) is 55.8 Å². The Morgan fingerprint density at radius 2 is 1.83 bits per heavy atom. The average molecular weight is 493 g/mol. The number of aromatic nitrogens is 1. The van der Waals surface area contributed by atoms with Gasteiger partial charge in [0.25, 0.3) is 0 Å². The lowest BCUT2D eigenvalue weighted by Gasteiger charge is -2.45. The summed E-state index contributed by atoms with van der Waals surface area (Å²) < 4.78 is 17.9. The van der Waals surface area contributed by atoms with Crippen LogP contribution in [0.4, 0.5) is 4.79 Å². The van der Waals surface area contributed by atoms with Crippen molar-refractivity contribution in [2.24, 2.45) is 0 Å². The molecule has 4 rings (SSSR count). The highest BCUT2D eigenvalue weighted by molar-refractivity contribution is 7.84. The number of aliphatic hydroxyl groups is 1. The van der Waals surface area contributed by atoms with Gasteiger partial charge in [-0.25, -0.2) is 4.79 Å². The van der Waals surface area contributed by atoms with Crippen LogP contribution in [0.5, 0.6) is 0 Å². The molecule has 7 heteroatoms. The molecule has 2 aromatic carbocycles. The maximum absolute atomic E-state index is 13.3. The van der Waals surface area contributed by atoms with Gasteiger partial charge in [-0.05, 0) is 44.0 Å². The van der Waals surface area contributed by atoms with Crippen molar-refractivity contribution < 1.29 is 18.8 Å². The van der Waals surface area contributed by atoms with Gasteiger partial charge in [0.2, 0.25) is 0 Å². The number of cyclic esters (lactones) is 1. The van der Waals surface area contributed by atoms with Gasteiger partial charge in [-0.15, -0.1) is 0 Å². The molecule has 3 aromatic rings. The van der Waals surface area contributed by atoms with Crippen LogP contribution in [-0.2, 0) is 21.1 Å². The molecule has 3 atom stereocenters. The predicted molar refractivity (Wildman–Crippen MR) is 137 cm³/mol. The van der Waals surface area contributed by atoms with E-state index >= 15 is 0 Å². The highest BCUT2D eigenvalue weighted by atomic mass is 32.2. The normalized spacial score (nSPS) is 20.3. The Hall–Kier alpha value is -3.03. The van der Waals surface area contributed by atoms with E-state index in [1.807, 2.05) is 67.6 Å². The molecule has 1 unspecified atom stereocenters. The molecule has 6 nitrogen and oxygen atoms in total. The van der Waals surface area contributed by atoms with E-state index in [9.17, 15) is 14.1 Å². The van der Waals surface area contributed by atoms with Crippen LogP contribution in [0.15, 0.2) is 77.8 Å². The van der Waals surface area contributed by atoms with Gasteiger partial charge in [-0.3, -0.25) is 9.19 Å². The monoisotopic (exact) mass is 492 g/mol. The minimum absolute atomic E-state index is 0.185. The zero-order valence-electron chi connectivity index (χ0n) is 20.6. The minimum atomic E-state index is -1.07. The first kappa shape index (κ1) is 25.1. The number of carbonyl (C=O) groups excluding carboxylic acids is 1. The number of benzene rings is 2. The number of hydrogen-bond donors (Lipinski definition) is 1. The Labute approximate surface area is 209 Å². The van der Waals surface area contributed by atoms with Crippen LogP contribution in [0.3, 0.4) is 0 Å². The van der Waals surface area contributed by atoms with E-state index in [0.717, 1.165) is 27.3 Å². The van der Waals surface area contributed by atoms with Crippen LogP contribution < -0.4 is 0 Å². The first-order chi connectivity index (χ1) is 16.6. The minimum Gasteiger partial charge on any atom is -0.438 e. The summed E-state index contributed by atoms with van der Waals surface area (Å²) in [6, 6.07) is 21.0. The Kier molecular flexibility index (Phi) is 7.10. The summed E-state index contributed by atoms with van der Waals surface area (Å²) >= 11 is 0. The molecule has 0 saturated carbocycles. The number of carbonyl (C=O) groups is 1. The quantitative estimate of drug-likeness (QED) is 0.475. The van der Waals surface area contributed by atoms with Crippen LogP contribution in [0.2, 0.25) is 0 Å². The fourth-order valence-corrected chi connectivity index (χ4v) is 5.28. The van der Waals surface area contributed by atoms with Crippen molar-refractivity contribution in [1.82, 2.24) is 9.88 Å². The third kappa shape index (κ3) is 5.63. The Balaban J connectivity index is 1.53. The van der Waals surface area contributed by atoms with E-state index in [1.165, 1.54) is 0 Å². The molecule has 1 aliphatic heterocycles. The maximum Gasteiger partial charge on any atom is 0.411 e. The van der Waals surface area contributed by atoms with Crippen LogP contribution in [0, 0.1) is 0 Å². The summed E-state index contributed by atoms with van der Waals surface area (Å²) in [6.45, 7) is 5.98. The Morgan fingerprint density at radius 1 is 1.14 bits per heavy atom. The molecule has 1 aliphatic rings. The van der Waals surface area contributed by atoms with Gasteiger partial charge in [-0.2, -0.15) is 0 Å². The summed E-state index contributed by atoms with van der Waals surface area (Å²) in [4.78, 5) is 20.1. The number of pyridine rings is 1. The average Bonchev–Trinajstić information content (AvgIpc) is 2.83. The van der Waals surface area contributed by atoms with Crippen LogP contribution in [-0.4, -0.2) is 43.7 Å². The van der Waals surface area contributed by atoms with Crippen LogP contribution in [0.1, 0.15) is 50.8 Å². The molecule has 1 saturated heterocycles. The van der Waals surface area contributed by atoms with Crippen molar-refractivity contribution in [3.8, 4) is 11.3 Å². The molecule has 0 aliphatic carbocycles. The first-order valence-electron chi connectivity index (χ1n) is 11.8. The predicted octanol–water partition coefficient (Wildman–Crippen LogP) is 5.45. The van der Waals surface area contributed by atoms with Gasteiger partial charge in [0.1, 0.15) is 5.60 Å². The van der Waals surface area contributed by atoms with Crippen LogP contribution in [0.25, 0.3) is 11.3 Å². The second-order valence-corrected chi connectivity index (χ2v) is 11.2. The molecule has 0 spiro atoms. The van der Waals surface area contributed by atoms with Gasteiger partial charge in [0.05, 0.1) is 17.3 Å². The van der Waals surface area contributed by atoms with Crippen molar-refractivity contribution in [2.75, 3.05) is 12.8 Å². The van der Waals surface area contributed by atoms with Gasteiger partial charge in [0, 0.05) is 53.1 Å². The van der Waals surface area contributed by atoms with Crippen molar-refractivity contribution in [3.63, 3.8) is 0 Å². The molecule has 1 fully saturated rings. The second kappa shape index (κ2) is 9.91. The molecule has 0 radical (unpaired) electrons. The van der Waals surface area contributed by atoms with Gasteiger partial charge in [0.15, 0.2) is 0 Å². The van der Waals surface area contributed by atoms with Gasteiger partial charge >= 0.3 is 6.09 Å².